The molecule has 1 spiro atoms. The molecule has 1 N–H and O–H groups in total. The number of nitrogens with zero attached hydrogens (tertiary/aromatic N) is 2. The molecule has 2 saturated heterocycles. The molecular weight excluding hydrogens is 363 g/mol. The minimum Gasteiger partial charge on any atom is -0.480 e. The molecule has 4 rings (SSSR count). The van der Waals surface area contributed by atoms with Gasteiger partial charge >= 0.3 is 5.97 Å². The topological polar surface area (TPSA) is 77.9 Å². The predicted molar refractivity (Wildman–Crippen MR) is 99.2 cm³/mol. The highest BCUT2D eigenvalue weighted by Gasteiger charge is 2.50. The van der Waals surface area contributed by atoms with Gasteiger partial charge in [0.1, 0.15) is 11.9 Å². The maximum Gasteiger partial charge on any atom is 0.326 e. The lowest BCUT2D eigenvalue weighted by molar-refractivity contribution is -0.141. The first-order chi connectivity index (χ1) is 13.3. The third kappa shape index (κ3) is 3.38. The van der Waals surface area contributed by atoms with Gasteiger partial charge in [0, 0.05) is 31.1 Å². The largest absolute Gasteiger partial charge is 0.480 e. The number of likely N-dealkylation sites (tertiary alicyclic amines) is 2. The molecule has 2 heterocycles. The minimum atomic E-state index is -1.03. The lowest BCUT2D eigenvalue weighted by Crippen LogP contribution is -2.45. The van der Waals surface area contributed by atoms with E-state index in [-0.39, 0.29) is 22.8 Å². The fraction of sp³-hybridized carbons (Fsp3) is 0.571. The molecule has 1 atom stereocenters. The van der Waals surface area contributed by atoms with E-state index in [4.69, 9.17) is 0 Å². The molecule has 6 nitrogen and oxygen atoms in total. The number of piperidine rings is 1. The standard InChI is InChI=1S/C21H25FN2O4/c1-13-2-3-15(10-16(13)22)19(26)24-12-21(11-17(24)20(27)28)6-8-23(9-7-21)18(25)14-4-5-14/h2-3,10,14,17H,4-9,11-12H2,1H3,(H,27,28)/t17-/m0/s1. The van der Waals surface area contributed by atoms with Gasteiger partial charge in [-0.15, -0.1) is 0 Å². The molecule has 7 heteroatoms. The Labute approximate surface area is 163 Å². The Morgan fingerprint density at radius 2 is 1.86 bits per heavy atom. The highest BCUT2D eigenvalue weighted by atomic mass is 19.1. The lowest BCUT2D eigenvalue weighted by atomic mass is 9.76. The number of hydrogen-bond donors (Lipinski definition) is 1. The van der Waals surface area contributed by atoms with Gasteiger partial charge in [0.15, 0.2) is 0 Å². The SMILES string of the molecule is Cc1ccc(C(=O)N2CC3(CCN(C(=O)C4CC4)CC3)C[C@H]2C(=O)O)cc1F. The Hall–Kier alpha value is -2.44. The van der Waals surface area contributed by atoms with E-state index in [2.05, 4.69) is 0 Å². The number of carboxylic acid groups (broad SMARTS) is 1. The van der Waals surface area contributed by atoms with E-state index in [1.54, 1.807) is 13.0 Å². The van der Waals surface area contributed by atoms with Crippen molar-refractivity contribution in [1.29, 1.82) is 0 Å². The highest BCUT2D eigenvalue weighted by molar-refractivity contribution is 5.97. The van der Waals surface area contributed by atoms with Crippen LogP contribution in [0.5, 0.6) is 0 Å². The number of carbonyl (C=O) groups is 3. The molecule has 3 fully saturated rings. The zero-order valence-corrected chi connectivity index (χ0v) is 16.0. The molecule has 150 valence electrons. The number of aryl methyl sites for hydroxylation is 1. The van der Waals surface area contributed by atoms with Crippen LogP contribution in [0.3, 0.4) is 0 Å². The second-order valence-electron chi connectivity index (χ2n) is 8.55. The fourth-order valence-electron chi connectivity index (χ4n) is 4.53. The number of amides is 2. The molecule has 2 aliphatic heterocycles. The number of hydrogen-bond acceptors (Lipinski definition) is 3. The maximum absolute atomic E-state index is 13.9. The van der Waals surface area contributed by atoms with Crippen LogP contribution < -0.4 is 0 Å². The summed E-state index contributed by atoms with van der Waals surface area (Å²) >= 11 is 0. The summed E-state index contributed by atoms with van der Waals surface area (Å²) in [6.07, 6.45) is 3.71. The number of benzene rings is 1. The first-order valence-corrected chi connectivity index (χ1v) is 9.88. The lowest BCUT2D eigenvalue weighted by Gasteiger charge is -2.39. The van der Waals surface area contributed by atoms with Crippen molar-refractivity contribution in [3.8, 4) is 0 Å². The van der Waals surface area contributed by atoms with Gasteiger partial charge in [-0.25, -0.2) is 9.18 Å². The number of halogens is 1. The molecule has 1 aliphatic carbocycles. The number of carbonyl (C=O) groups excluding carboxylic acids is 2. The summed E-state index contributed by atoms with van der Waals surface area (Å²) in [7, 11) is 0. The van der Waals surface area contributed by atoms with E-state index in [9.17, 15) is 23.9 Å². The van der Waals surface area contributed by atoms with Crippen molar-refractivity contribution in [1.82, 2.24) is 9.80 Å². The van der Waals surface area contributed by atoms with Gasteiger partial charge in [-0.3, -0.25) is 9.59 Å². The van der Waals surface area contributed by atoms with Crippen molar-refractivity contribution < 1.29 is 23.9 Å². The molecule has 0 bridgehead atoms. The van der Waals surface area contributed by atoms with E-state index in [1.807, 2.05) is 4.90 Å². The summed E-state index contributed by atoms with van der Waals surface area (Å²) in [6.45, 7) is 3.18. The van der Waals surface area contributed by atoms with Crippen LogP contribution in [0.2, 0.25) is 0 Å². The van der Waals surface area contributed by atoms with E-state index in [0.29, 0.717) is 44.5 Å². The molecule has 0 aromatic heterocycles. The number of aliphatic carboxylic acids is 1. The van der Waals surface area contributed by atoms with Gasteiger partial charge in [-0.2, -0.15) is 0 Å². The smallest absolute Gasteiger partial charge is 0.326 e. The first-order valence-electron chi connectivity index (χ1n) is 9.88. The van der Waals surface area contributed by atoms with Gasteiger partial charge in [0.25, 0.3) is 5.91 Å². The zero-order valence-electron chi connectivity index (χ0n) is 16.0. The van der Waals surface area contributed by atoms with Crippen LogP contribution in [0.1, 0.15) is 48.0 Å². The summed E-state index contributed by atoms with van der Waals surface area (Å²) in [5, 5.41) is 9.68. The quantitative estimate of drug-likeness (QED) is 0.863. The van der Waals surface area contributed by atoms with Crippen molar-refractivity contribution in [2.75, 3.05) is 19.6 Å². The molecule has 1 aromatic carbocycles. The van der Waals surface area contributed by atoms with Crippen molar-refractivity contribution in [2.45, 2.75) is 45.1 Å². The predicted octanol–water partition coefficient (Wildman–Crippen LogP) is 2.45. The summed E-state index contributed by atoms with van der Waals surface area (Å²) in [5.74, 6) is -1.56. The Morgan fingerprint density at radius 3 is 2.43 bits per heavy atom. The van der Waals surface area contributed by atoms with Crippen LogP contribution in [-0.4, -0.2) is 58.4 Å². The molecule has 28 heavy (non-hydrogen) atoms. The van der Waals surface area contributed by atoms with Crippen molar-refractivity contribution in [3.05, 3.63) is 35.1 Å². The summed E-state index contributed by atoms with van der Waals surface area (Å²) < 4.78 is 13.9. The molecule has 0 unspecified atom stereocenters. The Morgan fingerprint density at radius 1 is 1.18 bits per heavy atom. The highest BCUT2D eigenvalue weighted by Crippen LogP contribution is 2.45. The Balaban J connectivity index is 1.50. The van der Waals surface area contributed by atoms with Crippen LogP contribution in [0.25, 0.3) is 0 Å². The molecule has 1 saturated carbocycles. The fourth-order valence-corrected chi connectivity index (χ4v) is 4.53. The maximum atomic E-state index is 13.9. The minimum absolute atomic E-state index is 0.174. The first kappa shape index (κ1) is 18.9. The average molecular weight is 388 g/mol. The van der Waals surface area contributed by atoms with Crippen molar-refractivity contribution in [3.63, 3.8) is 0 Å². The van der Waals surface area contributed by atoms with Crippen molar-refractivity contribution >= 4 is 17.8 Å². The summed E-state index contributed by atoms with van der Waals surface area (Å²) in [6, 6.07) is 3.34. The third-order valence-corrected chi connectivity index (χ3v) is 6.54. The molecule has 1 aromatic rings. The molecule has 3 aliphatic rings. The van der Waals surface area contributed by atoms with Crippen molar-refractivity contribution in [2.24, 2.45) is 11.3 Å². The molecular formula is C21H25FN2O4. The van der Waals surface area contributed by atoms with Gasteiger partial charge in [-0.05, 0) is 62.1 Å². The van der Waals surface area contributed by atoms with Gasteiger partial charge in [-0.1, -0.05) is 6.07 Å². The normalized spacial score (nSPS) is 23.9. The Bertz CT molecular complexity index is 828. The number of carboxylic acids is 1. The van der Waals surface area contributed by atoms with Crippen LogP contribution in [0.4, 0.5) is 4.39 Å². The van der Waals surface area contributed by atoms with E-state index in [0.717, 1.165) is 12.8 Å². The number of rotatable bonds is 3. The van der Waals surface area contributed by atoms with Gasteiger partial charge < -0.3 is 14.9 Å². The van der Waals surface area contributed by atoms with Gasteiger partial charge in [0.2, 0.25) is 5.91 Å². The molecule has 2 amide bonds. The van der Waals surface area contributed by atoms with Crippen LogP contribution in [0, 0.1) is 24.1 Å². The monoisotopic (exact) mass is 388 g/mol. The van der Waals surface area contributed by atoms with E-state index < -0.39 is 23.7 Å². The summed E-state index contributed by atoms with van der Waals surface area (Å²) in [4.78, 5) is 40.3. The van der Waals surface area contributed by atoms with E-state index >= 15 is 0 Å². The van der Waals surface area contributed by atoms with Crippen LogP contribution >= 0.6 is 0 Å². The average Bonchev–Trinajstić information content (AvgIpc) is 3.46. The second-order valence-corrected chi connectivity index (χ2v) is 8.55. The molecule has 0 radical (unpaired) electrons. The zero-order chi connectivity index (χ0) is 20.1. The Kier molecular flexibility index (Phi) is 4.63. The van der Waals surface area contributed by atoms with Crippen LogP contribution in [-0.2, 0) is 9.59 Å². The van der Waals surface area contributed by atoms with Crippen LogP contribution in [0.15, 0.2) is 18.2 Å². The second kappa shape index (κ2) is 6.87. The summed E-state index contributed by atoms with van der Waals surface area (Å²) in [5.41, 5.74) is 0.326. The van der Waals surface area contributed by atoms with Gasteiger partial charge in [0.05, 0.1) is 0 Å². The van der Waals surface area contributed by atoms with E-state index in [1.165, 1.54) is 17.0 Å². The third-order valence-electron chi connectivity index (χ3n) is 6.54.